The van der Waals surface area contributed by atoms with Gasteiger partial charge in [0.1, 0.15) is 23.6 Å². The van der Waals surface area contributed by atoms with Gasteiger partial charge in [-0.1, -0.05) is 0 Å². The number of carbonyl (C=O) groups excluding carboxylic acids is 1. The van der Waals surface area contributed by atoms with E-state index in [2.05, 4.69) is 25.3 Å². The van der Waals surface area contributed by atoms with Crippen molar-refractivity contribution in [1.29, 1.82) is 0 Å². The van der Waals surface area contributed by atoms with E-state index in [1.807, 2.05) is 0 Å². The number of hydrogen-bond acceptors (Lipinski definition) is 7. The molecule has 1 aromatic carbocycles. The number of methoxy groups -OCH3 is 1. The normalized spacial score (nSPS) is 10.9. The molecule has 3 aromatic heterocycles. The zero-order chi connectivity index (χ0) is 20.5. The van der Waals surface area contributed by atoms with E-state index in [0.29, 0.717) is 17.2 Å². The highest BCUT2D eigenvalue weighted by Gasteiger charge is 2.25. The lowest BCUT2D eigenvalue weighted by Gasteiger charge is -2.09. The van der Waals surface area contributed by atoms with Gasteiger partial charge in [-0.05, 0) is 18.2 Å². The minimum atomic E-state index is -1.12. The lowest BCUT2D eigenvalue weighted by Crippen LogP contribution is -2.10. The number of aromatic nitrogens is 4. The Morgan fingerprint density at radius 2 is 2.00 bits per heavy atom. The Hall–Kier alpha value is -4.08. The standard InChI is InChI=1S/C19H14F2N6O2/c1-29-13-5-2-9(6-23-13)27-19-14-10(7-24-18(14)25-8-26-19)17(28)15-11(20)3-4-12(22)16(15)21/h2-8H,22H2,1H3,(H2,24,25,26,27). The third-order valence-electron chi connectivity index (χ3n) is 4.27. The van der Waals surface area contributed by atoms with Crippen molar-refractivity contribution < 1.29 is 18.3 Å². The van der Waals surface area contributed by atoms with Gasteiger partial charge in [-0.15, -0.1) is 0 Å². The number of H-pyrrole nitrogens is 1. The maximum absolute atomic E-state index is 14.4. The van der Waals surface area contributed by atoms with Crippen molar-refractivity contribution in [2.75, 3.05) is 18.2 Å². The largest absolute Gasteiger partial charge is 0.481 e. The molecule has 29 heavy (non-hydrogen) atoms. The van der Waals surface area contributed by atoms with E-state index in [0.717, 1.165) is 12.1 Å². The van der Waals surface area contributed by atoms with Gasteiger partial charge in [0.25, 0.3) is 0 Å². The van der Waals surface area contributed by atoms with Crippen molar-refractivity contribution in [1.82, 2.24) is 19.9 Å². The SMILES string of the molecule is COc1ccc(Nc2ncnc3[nH]cc(C(=O)c4c(F)ccc(N)c4F)c23)cn1. The van der Waals surface area contributed by atoms with Crippen LogP contribution in [-0.4, -0.2) is 32.8 Å². The molecule has 0 aliphatic rings. The number of pyridine rings is 1. The predicted octanol–water partition coefficient (Wildman–Crippen LogP) is 3.20. The molecule has 10 heteroatoms. The van der Waals surface area contributed by atoms with Crippen LogP contribution in [0.1, 0.15) is 15.9 Å². The van der Waals surface area contributed by atoms with Gasteiger partial charge in [0.05, 0.1) is 41.2 Å². The molecule has 0 aliphatic heterocycles. The average molecular weight is 396 g/mol. The Balaban J connectivity index is 1.81. The summed E-state index contributed by atoms with van der Waals surface area (Å²) in [6.45, 7) is 0. The highest BCUT2D eigenvalue weighted by Crippen LogP contribution is 2.30. The van der Waals surface area contributed by atoms with E-state index in [-0.39, 0.29) is 22.5 Å². The lowest BCUT2D eigenvalue weighted by molar-refractivity contribution is 0.103. The summed E-state index contributed by atoms with van der Waals surface area (Å²) in [5.74, 6) is -2.33. The molecule has 0 spiro atoms. The van der Waals surface area contributed by atoms with Gasteiger partial charge in [-0.3, -0.25) is 4.79 Å². The summed E-state index contributed by atoms with van der Waals surface area (Å²) in [6.07, 6.45) is 4.12. The molecule has 0 saturated carbocycles. The number of nitrogens with two attached hydrogens (primary N) is 1. The number of carbonyl (C=O) groups is 1. The average Bonchev–Trinajstić information content (AvgIpc) is 3.17. The maximum Gasteiger partial charge on any atom is 0.213 e. The molecule has 4 aromatic rings. The first kappa shape index (κ1) is 18.3. The Morgan fingerprint density at radius 1 is 1.17 bits per heavy atom. The second-order valence-corrected chi connectivity index (χ2v) is 6.02. The van der Waals surface area contributed by atoms with Crippen LogP contribution in [0.4, 0.5) is 26.0 Å². The monoisotopic (exact) mass is 396 g/mol. The van der Waals surface area contributed by atoms with Crippen LogP contribution in [0.2, 0.25) is 0 Å². The van der Waals surface area contributed by atoms with Crippen molar-refractivity contribution in [3.63, 3.8) is 0 Å². The lowest BCUT2D eigenvalue weighted by atomic mass is 10.0. The number of halogens is 2. The molecular formula is C19H14F2N6O2. The molecule has 0 unspecified atom stereocenters. The molecule has 0 radical (unpaired) electrons. The number of nitrogens with one attached hydrogen (secondary N) is 2. The number of aromatic amines is 1. The van der Waals surface area contributed by atoms with Crippen LogP contribution in [0.25, 0.3) is 11.0 Å². The Kier molecular flexibility index (Phi) is 4.51. The summed E-state index contributed by atoms with van der Waals surface area (Å²) in [7, 11) is 1.50. The van der Waals surface area contributed by atoms with Crippen LogP contribution < -0.4 is 15.8 Å². The summed E-state index contributed by atoms with van der Waals surface area (Å²) in [4.78, 5) is 28.0. The first-order valence-corrected chi connectivity index (χ1v) is 8.37. The molecule has 4 rings (SSSR count). The predicted molar refractivity (Wildman–Crippen MR) is 102 cm³/mol. The Bertz CT molecular complexity index is 1220. The molecular weight excluding hydrogens is 382 g/mol. The quantitative estimate of drug-likeness (QED) is 0.350. The third kappa shape index (κ3) is 3.20. The fourth-order valence-electron chi connectivity index (χ4n) is 2.86. The number of ketones is 1. The van der Waals surface area contributed by atoms with Crippen molar-refractivity contribution in [3.8, 4) is 5.88 Å². The van der Waals surface area contributed by atoms with Gasteiger partial charge in [0, 0.05) is 12.3 Å². The second-order valence-electron chi connectivity index (χ2n) is 6.02. The fourth-order valence-corrected chi connectivity index (χ4v) is 2.86. The van der Waals surface area contributed by atoms with Crippen molar-refractivity contribution in [2.24, 2.45) is 0 Å². The van der Waals surface area contributed by atoms with Crippen LogP contribution in [0.15, 0.2) is 43.0 Å². The van der Waals surface area contributed by atoms with Gasteiger partial charge < -0.3 is 20.8 Å². The van der Waals surface area contributed by atoms with E-state index >= 15 is 0 Å². The van der Waals surface area contributed by atoms with E-state index in [4.69, 9.17) is 10.5 Å². The zero-order valence-corrected chi connectivity index (χ0v) is 15.0. The Labute approximate surface area is 162 Å². The second kappa shape index (κ2) is 7.15. The number of fused-ring (bicyclic) bond motifs is 1. The van der Waals surface area contributed by atoms with Crippen molar-refractivity contribution in [3.05, 3.63) is 65.7 Å². The highest BCUT2D eigenvalue weighted by atomic mass is 19.1. The molecule has 0 bridgehead atoms. The fraction of sp³-hybridized carbons (Fsp3) is 0.0526. The number of ether oxygens (including phenoxy) is 1. The minimum Gasteiger partial charge on any atom is -0.481 e. The van der Waals surface area contributed by atoms with E-state index in [1.165, 1.54) is 25.8 Å². The minimum absolute atomic E-state index is 0.00651. The highest BCUT2D eigenvalue weighted by molar-refractivity contribution is 6.18. The maximum atomic E-state index is 14.4. The first-order chi connectivity index (χ1) is 14.0. The van der Waals surface area contributed by atoms with Crippen LogP contribution in [0, 0.1) is 11.6 Å². The van der Waals surface area contributed by atoms with E-state index in [1.54, 1.807) is 12.1 Å². The molecule has 0 atom stereocenters. The van der Waals surface area contributed by atoms with Gasteiger partial charge >= 0.3 is 0 Å². The molecule has 3 heterocycles. The van der Waals surface area contributed by atoms with Gasteiger partial charge in [-0.25, -0.2) is 23.7 Å². The third-order valence-corrected chi connectivity index (χ3v) is 4.27. The van der Waals surface area contributed by atoms with Crippen molar-refractivity contribution in [2.45, 2.75) is 0 Å². The molecule has 4 N–H and O–H groups in total. The molecule has 8 nitrogen and oxygen atoms in total. The smallest absolute Gasteiger partial charge is 0.213 e. The number of anilines is 3. The number of benzene rings is 1. The van der Waals surface area contributed by atoms with E-state index < -0.39 is 23.0 Å². The summed E-state index contributed by atoms with van der Waals surface area (Å²) in [5.41, 5.74) is 5.30. The number of nitrogen functional groups attached to an aromatic ring is 1. The van der Waals surface area contributed by atoms with Crippen LogP contribution in [0.5, 0.6) is 5.88 Å². The number of rotatable bonds is 5. The molecule has 0 fully saturated rings. The van der Waals surface area contributed by atoms with Crippen molar-refractivity contribution >= 4 is 34.0 Å². The summed E-state index contributed by atoms with van der Waals surface area (Å²) in [5, 5.41) is 3.29. The summed E-state index contributed by atoms with van der Waals surface area (Å²) in [6, 6.07) is 5.34. The zero-order valence-electron chi connectivity index (χ0n) is 15.0. The van der Waals surface area contributed by atoms with E-state index in [9.17, 15) is 13.6 Å². The summed E-state index contributed by atoms with van der Waals surface area (Å²) < 4.78 is 33.6. The first-order valence-electron chi connectivity index (χ1n) is 8.37. The van der Waals surface area contributed by atoms with Gasteiger partial charge in [0.15, 0.2) is 5.82 Å². The molecule has 0 amide bonds. The molecule has 0 aliphatic carbocycles. The summed E-state index contributed by atoms with van der Waals surface area (Å²) >= 11 is 0. The number of hydrogen-bond donors (Lipinski definition) is 3. The molecule has 0 saturated heterocycles. The van der Waals surface area contributed by atoms with Crippen LogP contribution in [-0.2, 0) is 0 Å². The van der Waals surface area contributed by atoms with Crippen LogP contribution >= 0.6 is 0 Å². The molecule has 146 valence electrons. The topological polar surface area (TPSA) is 119 Å². The van der Waals surface area contributed by atoms with Crippen LogP contribution in [0.3, 0.4) is 0 Å². The Morgan fingerprint density at radius 3 is 2.72 bits per heavy atom. The van der Waals surface area contributed by atoms with Gasteiger partial charge in [0.2, 0.25) is 11.7 Å². The van der Waals surface area contributed by atoms with Gasteiger partial charge in [-0.2, -0.15) is 0 Å². The number of nitrogens with zero attached hydrogens (tertiary/aromatic N) is 3.